The molecule has 0 spiro atoms. The van der Waals surface area contributed by atoms with Gasteiger partial charge in [0.25, 0.3) is 5.69 Å². The van der Waals surface area contributed by atoms with Gasteiger partial charge < -0.3 is 4.74 Å². The molecule has 21 heavy (non-hydrogen) atoms. The zero-order chi connectivity index (χ0) is 15.4. The topological polar surface area (TPSA) is 52.4 Å². The van der Waals surface area contributed by atoms with Crippen LogP contribution in [-0.2, 0) is 12.5 Å². The quantitative estimate of drug-likeness (QED) is 0.468. The molecule has 110 valence electrons. The molecule has 2 rings (SSSR count). The molecule has 0 saturated heterocycles. The van der Waals surface area contributed by atoms with Crippen LogP contribution in [0.4, 0.5) is 10.1 Å². The van der Waals surface area contributed by atoms with Gasteiger partial charge in [0.05, 0.1) is 16.4 Å². The minimum Gasteiger partial charge on any atom is -0.488 e. The molecule has 0 fully saturated rings. The lowest BCUT2D eigenvalue weighted by atomic mass is 10.1. The maximum absolute atomic E-state index is 13.2. The molecule has 0 aliphatic carbocycles. The van der Waals surface area contributed by atoms with Crippen LogP contribution in [-0.4, -0.2) is 4.92 Å². The number of hydrogen-bond acceptors (Lipinski definition) is 3. The number of alkyl halides is 1. The second-order valence-electron chi connectivity index (χ2n) is 4.56. The van der Waals surface area contributed by atoms with E-state index in [4.69, 9.17) is 16.3 Å². The van der Waals surface area contributed by atoms with Crippen molar-refractivity contribution in [3.8, 4) is 5.75 Å². The summed E-state index contributed by atoms with van der Waals surface area (Å²) in [5.74, 6) is 0.261. The fourth-order valence-electron chi connectivity index (χ4n) is 1.96. The Labute approximate surface area is 126 Å². The molecular formula is C15H13ClFNO3. The summed E-state index contributed by atoms with van der Waals surface area (Å²) in [5.41, 5.74) is 1.84. The first-order chi connectivity index (χ1) is 10.0. The first-order valence-corrected chi connectivity index (χ1v) is 6.76. The van der Waals surface area contributed by atoms with Crippen molar-refractivity contribution < 1.29 is 14.1 Å². The van der Waals surface area contributed by atoms with Gasteiger partial charge in [0.15, 0.2) is 0 Å². The van der Waals surface area contributed by atoms with E-state index < -0.39 is 10.7 Å². The van der Waals surface area contributed by atoms with Gasteiger partial charge in [0, 0.05) is 11.6 Å². The predicted molar refractivity (Wildman–Crippen MR) is 78.1 cm³/mol. The summed E-state index contributed by atoms with van der Waals surface area (Å²) in [6.07, 6.45) is 0. The van der Waals surface area contributed by atoms with E-state index in [2.05, 4.69) is 0 Å². The number of ether oxygens (including phenoxy) is 1. The highest BCUT2D eigenvalue weighted by molar-refractivity contribution is 6.17. The molecule has 4 nitrogen and oxygen atoms in total. The number of halogens is 2. The second kappa shape index (κ2) is 6.54. The summed E-state index contributed by atoms with van der Waals surface area (Å²) in [7, 11) is 0. The van der Waals surface area contributed by atoms with E-state index in [9.17, 15) is 14.5 Å². The molecule has 0 aliphatic heterocycles. The molecule has 0 radical (unpaired) electrons. The Balaban J connectivity index is 2.24. The summed E-state index contributed by atoms with van der Waals surface area (Å²) in [6.45, 7) is 1.83. The van der Waals surface area contributed by atoms with Crippen LogP contribution in [0.5, 0.6) is 5.75 Å². The Morgan fingerprint density at radius 3 is 2.67 bits per heavy atom. The number of aryl methyl sites for hydroxylation is 1. The fraction of sp³-hybridized carbons (Fsp3) is 0.200. The molecule has 0 unspecified atom stereocenters. The van der Waals surface area contributed by atoms with Crippen LogP contribution < -0.4 is 4.74 Å². The minimum absolute atomic E-state index is 0.0962. The van der Waals surface area contributed by atoms with Crippen LogP contribution in [0, 0.1) is 22.9 Å². The zero-order valence-corrected chi connectivity index (χ0v) is 12.1. The van der Waals surface area contributed by atoms with Gasteiger partial charge in [-0.25, -0.2) is 4.39 Å². The SMILES string of the molecule is Cc1ccc(OCc2cc(F)ccc2[N+](=O)[O-])c(CCl)c1. The van der Waals surface area contributed by atoms with Gasteiger partial charge in [-0.3, -0.25) is 10.1 Å². The average Bonchev–Trinajstić information content (AvgIpc) is 2.45. The Morgan fingerprint density at radius 1 is 1.24 bits per heavy atom. The van der Waals surface area contributed by atoms with E-state index in [1.165, 1.54) is 0 Å². The van der Waals surface area contributed by atoms with E-state index >= 15 is 0 Å². The smallest absolute Gasteiger partial charge is 0.276 e. The van der Waals surface area contributed by atoms with Crippen LogP contribution in [0.1, 0.15) is 16.7 Å². The number of nitro groups is 1. The summed E-state index contributed by atoms with van der Waals surface area (Å²) >= 11 is 5.84. The number of benzene rings is 2. The van der Waals surface area contributed by atoms with Crippen LogP contribution in [0.25, 0.3) is 0 Å². The Morgan fingerprint density at radius 2 is 2.00 bits per heavy atom. The van der Waals surface area contributed by atoms with Crippen molar-refractivity contribution in [2.45, 2.75) is 19.4 Å². The van der Waals surface area contributed by atoms with Crippen LogP contribution >= 0.6 is 11.6 Å². The Hall–Kier alpha value is -2.14. The Kier molecular flexibility index (Phi) is 4.75. The van der Waals surface area contributed by atoms with Gasteiger partial charge in [-0.15, -0.1) is 11.6 Å². The molecule has 2 aromatic rings. The van der Waals surface area contributed by atoms with Crippen molar-refractivity contribution in [3.63, 3.8) is 0 Å². The third kappa shape index (κ3) is 3.70. The monoisotopic (exact) mass is 309 g/mol. The molecule has 0 aliphatic rings. The molecule has 2 aromatic carbocycles. The van der Waals surface area contributed by atoms with Crippen molar-refractivity contribution in [2.24, 2.45) is 0 Å². The van der Waals surface area contributed by atoms with Crippen molar-refractivity contribution >= 4 is 17.3 Å². The van der Waals surface area contributed by atoms with E-state index in [1.807, 2.05) is 19.1 Å². The molecule has 0 atom stereocenters. The molecule has 0 N–H and O–H groups in total. The van der Waals surface area contributed by atoms with E-state index in [1.54, 1.807) is 6.07 Å². The molecule has 0 saturated carbocycles. The summed E-state index contributed by atoms with van der Waals surface area (Å²) in [5, 5.41) is 10.9. The van der Waals surface area contributed by atoms with Gasteiger partial charge in [-0.05, 0) is 25.1 Å². The number of hydrogen-bond donors (Lipinski definition) is 0. The van der Waals surface area contributed by atoms with Crippen molar-refractivity contribution in [2.75, 3.05) is 0 Å². The first kappa shape index (κ1) is 15.3. The summed E-state index contributed by atoms with van der Waals surface area (Å²) < 4.78 is 18.8. The predicted octanol–water partition coefficient (Wildman–Crippen LogP) is 4.36. The van der Waals surface area contributed by atoms with Gasteiger partial charge >= 0.3 is 0 Å². The molecule has 0 heterocycles. The lowest BCUT2D eigenvalue weighted by Crippen LogP contribution is -2.02. The van der Waals surface area contributed by atoms with Crippen LogP contribution in [0.15, 0.2) is 36.4 Å². The number of rotatable bonds is 5. The van der Waals surface area contributed by atoms with Gasteiger partial charge in [-0.2, -0.15) is 0 Å². The highest BCUT2D eigenvalue weighted by Gasteiger charge is 2.15. The molecule has 0 aromatic heterocycles. The lowest BCUT2D eigenvalue weighted by Gasteiger charge is -2.11. The summed E-state index contributed by atoms with van der Waals surface area (Å²) in [4.78, 5) is 10.4. The van der Waals surface area contributed by atoms with Gasteiger partial charge in [0.2, 0.25) is 0 Å². The molecule has 6 heteroatoms. The molecule has 0 amide bonds. The van der Waals surface area contributed by atoms with Crippen molar-refractivity contribution in [3.05, 3.63) is 69.0 Å². The molecule has 0 bridgehead atoms. The normalized spacial score (nSPS) is 10.4. The van der Waals surface area contributed by atoms with Crippen molar-refractivity contribution in [1.29, 1.82) is 0 Å². The second-order valence-corrected chi connectivity index (χ2v) is 4.83. The Bertz CT molecular complexity index is 676. The maximum atomic E-state index is 13.2. The van der Waals surface area contributed by atoms with Crippen LogP contribution in [0.2, 0.25) is 0 Å². The standard InChI is InChI=1S/C15H13ClFNO3/c1-10-2-5-15(11(6-10)8-16)21-9-12-7-13(17)3-4-14(12)18(19)20/h2-7H,8-9H2,1H3. The van der Waals surface area contributed by atoms with E-state index in [0.717, 1.165) is 29.3 Å². The third-order valence-corrected chi connectivity index (χ3v) is 3.27. The number of nitrogens with zero attached hydrogens (tertiary/aromatic N) is 1. The van der Waals surface area contributed by atoms with Gasteiger partial charge in [0.1, 0.15) is 18.2 Å². The first-order valence-electron chi connectivity index (χ1n) is 6.22. The highest BCUT2D eigenvalue weighted by atomic mass is 35.5. The largest absolute Gasteiger partial charge is 0.488 e. The minimum atomic E-state index is -0.560. The zero-order valence-electron chi connectivity index (χ0n) is 11.3. The number of nitro benzene ring substituents is 1. The maximum Gasteiger partial charge on any atom is 0.276 e. The highest BCUT2D eigenvalue weighted by Crippen LogP contribution is 2.25. The third-order valence-electron chi connectivity index (χ3n) is 2.98. The van der Waals surface area contributed by atoms with E-state index in [-0.39, 0.29) is 23.7 Å². The summed E-state index contributed by atoms with van der Waals surface area (Å²) in [6, 6.07) is 8.77. The average molecular weight is 310 g/mol. The fourth-order valence-corrected chi connectivity index (χ4v) is 2.17. The molecular weight excluding hydrogens is 297 g/mol. The van der Waals surface area contributed by atoms with Gasteiger partial charge in [-0.1, -0.05) is 17.7 Å². The van der Waals surface area contributed by atoms with Crippen molar-refractivity contribution in [1.82, 2.24) is 0 Å². The van der Waals surface area contributed by atoms with Crippen LogP contribution in [0.3, 0.4) is 0 Å². The lowest BCUT2D eigenvalue weighted by molar-refractivity contribution is -0.385. The van der Waals surface area contributed by atoms with E-state index in [0.29, 0.717) is 5.75 Å².